The lowest BCUT2D eigenvalue weighted by Gasteiger charge is -2.16. The van der Waals surface area contributed by atoms with E-state index >= 15 is 0 Å². The van der Waals surface area contributed by atoms with Gasteiger partial charge in [-0.2, -0.15) is 18.3 Å². The first-order chi connectivity index (χ1) is 11.8. The number of benzene rings is 1. The second kappa shape index (κ2) is 6.87. The van der Waals surface area contributed by atoms with Gasteiger partial charge in [-0.15, -0.1) is 0 Å². The van der Waals surface area contributed by atoms with Gasteiger partial charge in [0.15, 0.2) is 5.69 Å². The van der Waals surface area contributed by atoms with Gasteiger partial charge >= 0.3 is 6.18 Å². The lowest BCUT2D eigenvalue weighted by molar-refractivity contribution is -0.137. The lowest BCUT2D eigenvalue weighted by atomic mass is 10.0. The Morgan fingerprint density at radius 3 is 2.72 bits per heavy atom. The normalized spacial score (nSPS) is 15.5. The summed E-state index contributed by atoms with van der Waals surface area (Å²) in [5.41, 5.74) is 2.28. The molecule has 1 aromatic heterocycles. The predicted octanol–water partition coefficient (Wildman–Crippen LogP) is 2.44. The highest BCUT2D eigenvalue weighted by Gasteiger charge is 2.30. The van der Waals surface area contributed by atoms with E-state index in [9.17, 15) is 18.0 Å². The number of fused-ring (bicyclic) bond motifs is 1. The molecule has 0 spiro atoms. The number of carbonyl (C=O) groups excluding carboxylic acids is 1. The van der Waals surface area contributed by atoms with Crippen LogP contribution in [-0.2, 0) is 25.6 Å². The second-order valence-corrected chi connectivity index (χ2v) is 6.23. The van der Waals surface area contributed by atoms with E-state index in [4.69, 9.17) is 0 Å². The molecule has 25 heavy (non-hydrogen) atoms. The molecule has 1 amide bonds. The maximum absolute atomic E-state index is 12.6. The molecule has 0 saturated carbocycles. The number of nitrogens with zero attached hydrogens (tertiary/aromatic N) is 1. The Hall–Kier alpha value is -2.35. The molecule has 1 atom stereocenters. The fraction of sp³-hybridized carbons (Fsp3) is 0.412. The third kappa shape index (κ3) is 4.01. The zero-order chi connectivity index (χ0) is 18.0. The maximum atomic E-state index is 12.6. The van der Waals surface area contributed by atoms with Crippen LogP contribution in [0.3, 0.4) is 0 Å². The Kier molecular flexibility index (Phi) is 4.80. The van der Waals surface area contributed by atoms with Gasteiger partial charge in [0.05, 0.1) is 5.56 Å². The topological polar surface area (TPSA) is 69.8 Å². The predicted molar refractivity (Wildman–Crippen MR) is 86.1 cm³/mol. The molecule has 1 aliphatic rings. The molecular weight excluding hydrogens is 333 g/mol. The monoisotopic (exact) mass is 352 g/mol. The molecule has 134 valence electrons. The second-order valence-electron chi connectivity index (χ2n) is 6.23. The molecule has 8 heteroatoms. The van der Waals surface area contributed by atoms with Crippen molar-refractivity contribution in [1.29, 1.82) is 0 Å². The van der Waals surface area contributed by atoms with Gasteiger partial charge in [-0.3, -0.25) is 9.89 Å². The number of hydrogen-bond donors (Lipinski definition) is 3. The molecule has 0 bridgehead atoms. The van der Waals surface area contributed by atoms with E-state index in [2.05, 4.69) is 20.8 Å². The average molecular weight is 352 g/mol. The van der Waals surface area contributed by atoms with Gasteiger partial charge in [-0.1, -0.05) is 12.1 Å². The third-order valence-corrected chi connectivity index (χ3v) is 4.22. The van der Waals surface area contributed by atoms with Crippen molar-refractivity contribution < 1.29 is 18.0 Å². The summed E-state index contributed by atoms with van der Waals surface area (Å²) in [6.07, 6.45) is -3.10. The Balaban J connectivity index is 1.61. The molecule has 1 aromatic carbocycles. The Morgan fingerprint density at radius 2 is 2.04 bits per heavy atom. The number of hydrogen-bond acceptors (Lipinski definition) is 3. The Labute approximate surface area is 143 Å². The van der Waals surface area contributed by atoms with E-state index in [1.807, 2.05) is 6.92 Å². The van der Waals surface area contributed by atoms with Crippen LogP contribution in [0, 0.1) is 0 Å². The maximum Gasteiger partial charge on any atom is 0.416 e. The fourth-order valence-electron chi connectivity index (χ4n) is 2.94. The number of aromatic amines is 1. The van der Waals surface area contributed by atoms with Gasteiger partial charge in [-0.05, 0) is 31.0 Å². The van der Waals surface area contributed by atoms with Gasteiger partial charge in [0, 0.05) is 36.8 Å². The molecule has 3 rings (SSSR count). The molecule has 0 radical (unpaired) electrons. The van der Waals surface area contributed by atoms with E-state index in [0.717, 1.165) is 41.9 Å². The number of alkyl halides is 3. The molecule has 0 saturated heterocycles. The van der Waals surface area contributed by atoms with Crippen LogP contribution in [0.15, 0.2) is 24.3 Å². The molecule has 2 aromatic rings. The minimum atomic E-state index is -4.34. The van der Waals surface area contributed by atoms with Gasteiger partial charge in [0.1, 0.15) is 0 Å². The summed E-state index contributed by atoms with van der Waals surface area (Å²) in [5.74, 6) is -0.277. The highest BCUT2D eigenvalue weighted by molar-refractivity contribution is 5.94. The van der Waals surface area contributed by atoms with Gasteiger partial charge in [0.25, 0.3) is 5.91 Å². The van der Waals surface area contributed by atoms with Crippen LogP contribution in [-0.4, -0.2) is 28.7 Å². The molecule has 5 nitrogen and oxygen atoms in total. The van der Waals surface area contributed by atoms with Gasteiger partial charge in [-0.25, -0.2) is 0 Å². The number of H-pyrrole nitrogens is 1. The van der Waals surface area contributed by atoms with Gasteiger partial charge < -0.3 is 10.6 Å². The molecule has 2 heterocycles. The number of amides is 1. The minimum absolute atomic E-state index is 0.229. The summed E-state index contributed by atoms with van der Waals surface area (Å²) in [7, 11) is 0. The van der Waals surface area contributed by atoms with Crippen molar-refractivity contribution in [2.24, 2.45) is 0 Å². The quantitative estimate of drug-likeness (QED) is 0.792. The minimum Gasteiger partial charge on any atom is -0.348 e. The highest BCUT2D eigenvalue weighted by atomic mass is 19.4. The van der Waals surface area contributed by atoms with E-state index in [1.165, 1.54) is 12.1 Å². The van der Waals surface area contributed by atoms with Crippen LogP contribution in [0.2, 0.25) is 0 Å². The van der Waals surface area contributed by atoms with Crippen molar-refractivity contribution in [3.8, 4) is 0 Å². The summed E-state index contributed by atoms with van der Waals surface area (Å²) in [4.78, 5) is 12.4. The molecule has 0 aliphatic carbocycles. The van der Waals surface area contributed by atoms with E-state index in [-0.39, 0.29) is 11.9 Å². The fourth-order valence-corrected chi connectivity index (χ4v) is 2.94. The number of nitrogens with one attached hydrogen (secondary N) is 3. The summed E-state index contributed by atoms with van der Waals surface area (Å²) >= 11 is 0. The number of halogens is 3. The lowest BCUT2D eigenvalue weighted by Crippen LogP contribution is -2.35. The van der Waals surface area contributed by atoms with Crippen molar-refractivity contribution in [3.63, 3.8) is 0 Å². The smallest absolute Gasteiger partial charge is 0.348 e. The first kappa shape index (κ1) is 17.5. The van der Waals surface area contributed by atoms with Crippen molar-refractivity contribution in [2.45, 2.75) is 38.5 Å². The van der Waals surface area contributed by atoms with Crippen LogP contribution >= 0.6 is 0 Å². The van der Waals surface area contributed by atoms with E-state index in [1.54, 1.807) is 0 Å². The SMILES string of the molecule is CC(Cc1ccc(C(F)(F)F)cc1)NC(=O)c1n[nH]c2c1CNCC2. The average Bonchev–Trinajstić information content (AvgIpc) is 2.98. The van der Waals surface area contributed by atoms with E-state index in [0.29, 0.717) is 18.7 Å². The highest BCUT2D eigenvalue weighted by Crippen LogP contribution is 2.29. The molecule has 0 fully saturated rings. The van der Waals surface area contributed by atoms with Crippen molar-refractivity contribution in [2.75, 3.05) is 6.54 Å². The van der Waals surface area contributed by atoms with Crippen LogP contribution in [0.25, 0.3) is 0 Å². The number of aromatic nitrogens is 2. The Morgan fingerprint density at radius 1 is 1.32 bits per heavy atom. The van der Waals surface area contributed by atoms with Crippen LogP contribution in [0.1, 0.15) is 39.8 Å². The number of rotatable bonds is 4. The van der Waals surface area contributed by atoms with E-state index < -0.39 is 11.7 Å². The van der Waals surface area contributed by atoms with Crippen LogP contribution in [0.4, 0.5) is 13.2 Å². The first-order valence-electron chi connectivity index (χ1n) is 8.08. The standard InChI is InChI=1S/C17H19F3N4O/c1-10(8-11-2-4-12(5-3-11)17(18,19)20)22-16(25)15-13-9-21-7-6-14(13)23-24-15/h2-5,10,21H,6-9H2,1H3,(H,22,25)(H,23,24). The molecular formula is C17H19F3N4O. The van der Waals surface area contributed by atoms with Crippen molar-refractivity contribution in [1.82, 2.24) is 20.8 Å². The zero-order valence-electron chi connectivity index (χ0n) is 13.7. The molecule has 1 aliphatic heterocycles. The largest absolute Gasteiger partial charge is 0.416 e. The molecule has 3 N–H and O–H groups in total. The summed E-state index contributed by atoms with van der Waals surface area (Å²) in [6, 6.07) is 4.75. The molecule has 1 unspecified atom stereocenters. The third-order valence-electron chi connectivity index (χ3n) is 4.22. The summed E-state index contributed by atoms with van der Waals surface area (Å²) in [5, 5.41) is 13.0. The summed E-state index contributed by atoms with van der Waals surface area (Å²) in [6.45, 7) is 3.26. The van der Waals surface area contributed by atoms with Crippen LogP contribution < -0.4 is 10.6 Å². The Bertz CT molecular complexity index is 752. The summed E-state index contributed by atoms with van der Waals surface area (Å²) < 4.78 is 37.7. The van der Waals surface area contributed by atoms with Gasteiger partial charge in [0.2, 0.25) is 0 Å². The first-order valence-corrected chi connectivity index (χ1v) is 8.08. The van der Waals surface area contributed by atoms with Crippen molar-refractivity contribution >= 4 is 5.91 Å². The van der Waals surface area contributed by atoms with Crippen LogP contribution in [0.5, 0.6) is 0 Å². The number of carbonyl (C=O) groups is 1. The zero-order valence-corrected chi connectivity index (χ0v) is 13.7. The van der Waals surface area contributed by atoms with Crippen molar-refractivity contribution in [3.05, 3.63) is 52.3 Å².